The van der Waals surface area contributed by atoms with Gasteiger partial charge in [-0.15, -0.1) is 0 Å². The molecule has 134 valence electrons. The molecule has 3 rings (SSSR count). The second-order valence-electron chi connectivity index (χ2n) is 5.96. The van der Waals surface area contributed by atoms with E-state index in [4.69, 9.17) is 9.47 Å². The van der Waals surface area contributed by atoms with Crippen LogP contribution in [0, 0.1) is 0 Å². The molecule has 2 aromatic rings. The Balaban J connectivity index is 2.04. The quantitative estimate of drug-likeness (QED) is 0.647. The average molecular weight is 350 g/mol. The molecule has 0 aromatic heterocycles. The molecule has 5 heteroatoms. The number of anilines is 1. The molecule has 0 radical (unpaired) electrons. The number of rotatable bonds is 5. The summed E-state index contributed by atoms with van der Waals surface area (Å²) in [6, 6.07) is 19.2. The van der Waals surface area contributed by atoms with Crippen LogP contribution in [0.2, 0.25) is 0 Å². The topological polar surface area (TPSA) is 59.9 Å². The molecule has 1 aliphatic heterocycles. The van der Waals surface area contributed by atoms with Crippen molar-refractivity contribution < 1.29 is 14.3 Å². The maximum absolute atomic E-state index is 12.6. The van der Waals surface area contributed by atoms with Crippen LogP contribution in [0.15, 0.2) is 71.3 Å². The third-order valence-electron chi connectivity index (χ3n) is 3.92. The second-order valence-corrected chi connectivity index (χ2v) is 5.96. The number of nitrogens with one attached hydrogen (secondary N) is 1. The Labute approximate surface area is 153 Å². The SMILES string of the molecule is CCOC(=O)C1=C(c2ccccc2)OC(C)C/C1=N\Nc1ccccc1. The number of hydrogen-bond donors (Lipinski definition) is 1. The van der Waals surface area contributed by atoms with Crippen LogP contribution < -0.4 is 5.43 Å². The van der Waals surface area contributed by atoms with Gasteiger partial charge in [0, 0.05) is 12.0 Å². The number of carbonyl (C=O) groups is 1. The zero-order valence-electron chi connectivity index (χ0n) is 14.9. The smallest absolute Gasteiger partial charge is 0.343 e. The number of benzene rings is 2. The van der Waals surface area contributed by atoms with Crippen molar-refractivity contribution in [1.29, 1.82) is 0 Å². The van der Waals surface area contributed by atoms with Crippen LogP contribution in [0.5, 0.6) is 0 Å². The third kappa shape index (κ3) is 4.11. The molecule has 0 spiro atoms. The summed E-state index contributed by atoms with van der Waals surface area (Å²) in [5, 5.41) is 4.49. The molecule has 1 heterocycles. The number of hydrazone groups is 1. The van der Waals surface area contributed by atoms with Crippen molar-refractivity contribution in [3.05, 3.63) is 71.8 Å². The molecule has 1 aliphatic rings. The van der Waals surface area contributed by atoms with Gasteiger partial charge in [0.05, 0.1) is 18.0 Å². The van der Waals surface area contributed by atoms with Gasteiger partial charge < -0.3 is 9.47 Å². The largest absolute Gasteiger partial charge is 0.489 e. The minimum atomic E-state index is -0.424. The van der Waals surface area contributed by atoms with Gasteiger partial charge in [0.2, 0.25) is 0 Å². The zero-order chi connectivity index (χ0) is 18.4. The number of carbonyl (C=O) groups excluding carboxylic acids is 1. The summed E-state index contributed by atoms with van der Waals surface area (Å²) >= 11 is 0. The van der Waals surface area contributed by atoms with Gasteiger partial charge in [0.15, 0.2) is 0 Å². The van der Waals surface area contributed by atoms with Gasteiger partial charge in [0.1, 0.15) is 17.4 Å². The van der Waals surface area contributed by atoms with Crippen LogP contribution in [0.1, 0.15) is 25.8 Å². The van der Waals surface area contributed by atoms with Gasteiger partial charge >= 0.3 is 5.97 Å². The summed E-state index contributed by atoms with van der Waals surface area (Å²) in [5.74, 6) is 0.0864. The highest BCUT2D eigenvalue weighted by Gasteiger charge is 2.31. The molecule has 1 unspecified atom stereocenters. The number of para-hydroxylation sites is 1. The summed E-state index contributed by atoms with van der Waals surface area (Å²) < 4.78 is 11.3. The lowest BCUT2D eigenvalue weighted by atomic mass is 9.97. The van der Waals surface area contributed by atoms with Crippen LogP contribution in [-0.4, -0.2) is 24.4 Å². The average Bonchev–Trinajstić information content (AvgIpc) is 2.67. The van der Waals surface area contributed by atoms with Crippen molar-refractivity contribution in [3.63, 3.8) is 0 Å². The van der Waals surface area contributed by atoms with Gasteiger partial charge in [-0.3, -0.25) is 5.43 Å². The van der Waals surface area contributed by atoms with Gasteiger partial charge in [0.25, 0.3) is 0 Å². The lowest BCUT2D eigenvalue weighted by Gasteiger charge is -2.27. The van der Waals surface area contributed by atoms with Crippen molar-refractivity contribution in [2.75, 3.05) is 12.0 Å². The van der Waals surface area contributed by atoms with E-state index >= 15 is 0 Å². The number of nitrogens with zero attached hydrogens (tertiary/aromatic N) is 1. The highest BCUT2D eigenvalue weighted by molar-refractivity contribution is 6.25. The first-order valence-corrected chi connectivity index (χ1v) is 8.70. The fourth-order valence-corrected chi connectivity index (χ4v) is 2.77. The molecule has 26 heavy (non-hydrogen) atoms. The molecule has 0 amide bonds. The van der Waals surface area contributed by atoms with Crippen molar-refractivity contribution >= 4 is 23.1 Å². The summed E-state index contributed by atoms with van der Waals surface area (Å²) in [6.07, 6.45) is 0.421. The van der Waals surface area contributed by atoms with Crippen molar-refractivity contribution in [2.45, 2.75) is 26.4 Å². The first-order chi connectivity index (χ1) is 12.7. The van der Waals surface area contributed by atoms with Crippen LogP contribution in [0.3, 0.4) is 0 Å². The van der Waals surface area contributed by atoms with Crippen molar-refractivity contribution in [3.8, 4) is 0 Å². The van der Waals surface area contributed by atoms with Crippen LogP contribution in [-0.2, 0) is 14.3 Å². The van der Waals surface area contributed by atoms with Gasteiger partial charge in [-0.05, 0) is 26.0 Å². The highest BCUT2D eigenvalue weighted by Crippen LogP contribution is 2.30. The van der Waals surface area contributed by atoms with Crippen LogP contribution in [0.25, 0.3) is 5.76 Å². The summed E-state index contributed by atoms with van der Waals surface area (Å²) in [6.45, 7) is 4.04. The Kier molecular flexibility index (Phi) is 5.69. The predicted octanol–water partition coefficient (Wildman–Crippen LogP) is 4.24. The van der Waals surface area contributed by atoms with E-state index < -0.39 is 5.97 Å². The minimum Gasteiger partial charge on any atom is -0.489 e. The summed E-state index contributed by atoms with van der Waals surface area (Å²) in [4.78, 5) is 12.6. The van der Waals surface area contributed by atoms with Crippen molar-refractivity contribution in [2.24, 2.45) is 5.10 Å². The molecule has 0 saturated carbocycles. The summed E-state index contributed by atoms with van der Waals surface area (Å²) in [7, 11) is 0. The molecule has 0 saturated heterocycles. The highest BCUT2D eigenvalue weighted by atomic mass is 16.5. The summed E-state index contributed by atoms with van der Waals surface area (Å²) in [5.41, 5.74) is 5.71. The first kappa shape index (κ1) is 17.7. The van der Waals surface area contributed by atoms with E-state index in [1.54, 1.807) is 6.92 Å². The van der Waals surface area contributed by atoms with Gasteiger partial charge in [-0.1, -0.05) is 48.5 Å². The van der Waals surface area contributed by atoms with E-state index in [0.717, 1.165) is 11.3 Å². The zero-order valence-corrected chi connectivity index (χ0v) is 14.9. The molecule has 0 aliphatic carbocycles. The standard InChI is InChI=1S/C21H22N2O3/c1-3-25-21(24)19-18(23-22-17-12-8-5-9-13-17)14-15(2)26-20(19)16-10-6-4-7-11-16/h4-13,15,22H,3,14H2,1-2H3/b23-18+. The molecule has 5 nitrogen and oxygen atoms in total. The van der Waals surface area contributed by atoms with E-state index in [-0.39, 0.29) is 6.10 Å². The monoisotopic (exact) mass is 350 g/mol. The number of esters is 1. The Morgan fingerprint density at radius 3 is 2.46 bits per heavy atom. The van der Waals surface area contributed by atoms with E-state index in [1.165, 1.54) is 0 Å². The molecule has 0 fully saturated rings. The molecule has 2 aromatic carbocycles. The fraction of sp³-hybridized carbons (Fsp3) is 0.238. The van der Waals surface area contributed by atoms with E-state index in [0.29, 0.717) is 30.1 Å². The molecule has 0 bridgehead atoms. The second kappa shape index (κ2) is 8.34. The maximum Gasteiger partial charge on any atom is 0.343 e. The molecular formula is C21H22N2O3. The number of ether oxygens (including phenoxy) is 2. The maximum atomic E-state index is 12.6. The lowest BCUT2D eigenvalue weighted by Crippen LogP contribution is -2.29. The van der Waals surface area contributed by atoms with Crippen LogP contribution >= 0.6 is 0 Å². The van der Waals surface area contributed by atoms with E-state index in [2.05, 4.69) is 10.5 Å². The molecule has 1 N–H and O–H groups in total. The van der Waals surface area contributed by atoms with E-state index in [9.17, 15) is 4.79 Å². The first-order valence-electron chi connectivity index (χ1n) is 8.70. The van der Waals surface area contributed by atoms with Crippen LogP contribution in [0.4, 0.5) is 5.69 Å². The number of hydrogen-bond acceptors (Lipinski definition) is 5. The Morgan fingerprint density at radius 2 is 1.81 bits per heavy atom. The lowest BCUT2D eigenvalue weighted by molar-refractivity contribution is -0.138. The fourth-order valence-electron chi connectivity index (χ4n) is 2.77. The Morgan fingerprint density at radius 1 is 1.15 bits per heavy atom. The van der Waals surface area contributed by atoms with Crippen molar-refractivity contribution in [1.82, 2.24) is 0 Å². The predicted molar refractivity (Wildman–Crippen MR) is 103 cm³/mol. The minimum absolute atomic E-state index is 0.0975. The van der Waals surface area contributed by atoms with Gasteiger partial charge in [-0.2, -0.15) is 5.10 Å². The Bertz CT molecular complexity index is 814. The molecular weight excluding hydrogens is 328 g/mol. The Hall–Kier alpha value is -3.08. The molecule has 1 atom stereocenters. The normalized spacial score (nSPS) is 18.4. The third-order valence-corrected chi connectivity index (χ3v) is 3.92. The van der Waals surface area contributed by atoms with E-state index in [1.807, 2.05) is 67.6 Å². The van der Waals surface area contributed by atoms with Gasteiger partial charge in [-0.25, -0.2) is 4.79 Å².